The van der Waals surface area contributed by atoms with Crippen LogP contribution in [0.4, 0.5) is 0 Å². The van der Waals surface area contributed by atoms with Crippen LogP contribution < -0.4 is 16.6 Å². The molecule has 0 saturated heterocycles. The fourth-order valence-corrected chi connectivity index (χ4v) is 3.91. The second-order valence-corrected chi connectivity index (χ2v) is 9.05. The van der Waals surface area contributed by atoms with Crippen LogP contribution in [0.5, 0.6) is 0 Å². The van der Waals surface area contributed by atoms with Gasteiger partial charge in [0.1, 0.15) is 0 Å². The van der Waals surface area contributed by atoms with Crippen molar-refractivity contribution in [2.45, 2.75) is 33.7 Å². The average molecular weight is 456 g/mol. The molecule has 1 amide bonds. The first kappa shape index (κ1) is 23.2. The number of nitrogens with zero attached hydrogens (tertiary/aromatic N) is 2. The van der Waals surface area contributed by atoms with Crippen molar-refractivity contribution < 1.29 is 4.79 Å². The van der Waals surface area contributed by atoms with E-state index in [4.69, 9.17) is 0 Å². The lowest BCUT2D eigenvalue weighted by Crippen LogP contribution is -2.39. The molecule has 0 saturated carbocycles. The van der Waals surface area contributed by atoms with Gasteiger partial charge < -0.3 is 5.32 Å². The third-order valence-electron chi connectivity index (χ3n) is 5.78. The third kappa shape index (κ3) is 5.01. The van der Waals surface area contributed by atoms with Crippen LogP contribution in [-0.4, -0.2) is 21.6 Å². The van der Waals surface area contributed by atoms with E-state index in [9.17, 15) is 14.4 Å². The summed E-state index contributed by atoms with van der Waals surface area (Å²) in [5.74, 6) is 0.331. The smallest absolute Gasteiger partial charge is 0.336 e. The maximum atomic E-state index is 13.5. The van der Waals surface area contributed by atoms with Crippen molar-refractivity contribution in [3.05, 3.63) is 110 Å². The molecule has 6 nitrogen and oxygen atoms in total. The van der Waals surface area contributed by atoms with E-state index >= 15 is 0 Å². The number of rotatable bonds is 7. The van der Waals surface area contributed by atoms with E-state index in [1.54, 1.807) is 47.0 Å². The molecular formula is C28H29N3O3. The van der Waals surface area contributed by atoms with Crippen molar-refractivity contribution in [3.63, 3.8) is 0 Å². The Morgan fingerprint density at radius 1 is 0.882 bits per heavy atom. The number of aromatic nitrogens is 2. The number of amides is 1. The summed E-state index contributed by atoms with van der Waals surface area (Å²) in [5, 5.41) is 3.38. The van der Waals surface area contributed by atoms with Gasteiger partial charge in [-0.15, -0.1) is 0 Å². The van der Waals surface area contributed by atoms with Crippen molar-refractivity contribution in [2.75, 3.05) is 6.54 Å². The minimum absolute atomic E-state index is 0.0511. The molecule has 0 spiro atoms. The zero-order chi connectivity index (χ0) is 24.2. The van der Waals surface area contributed by atoms with Gasteiger partial charge in [0.25, 0.3) is 5.56 Å². The molecule has 1 N–H and O–H groups in total. The number of carbonyl (C=O) groups excluding carboxylic acids is 1. The number of nitrogens with one attached hydrogen (secondary N) is 1. The van der Waals surface area contributed by atoms with E-state index in [1.165, 1.54) is 4.57 Å². The SMILES string of the molecule is Cc1ccc(Cn2c(=O)n(-c3ccc(CC(=O)NCC(C)C)cc3)c(=O)c3ccccc32)cc1. The molecular weight excluding hydrogens is 426 g/mol. The minimum atomic E-state index is -0.397. The standard InChI is InChI=1S/C28H29N3O3/c1-19(2)17-29-26(32)16-21-12-14-23(15-13-21)31-27(33)24-6-4-5-7-25(24)30(28(31)34)18-22-10-8-20(3)9-11-22/h4-15,19H,16-18H2,1-3H3,(H,29,32). The second-order valence-electron chi connectivity index (χ2n) is 9.05. The summed E-state index contributed by atoms with van der Waals surface area (Å²) in [6.45, 7) is 7.09. The van der Waals surface area contributed by atoms with Crippen LogP contribution in [-0.2, 0) is 17.8 Å². The molecule has 0 atom stereocenters. The largest absolute Gasteiger partial charge is 0.356 e. The predicted molar refractivity (Wildman–Crippen MR) is 136 cm³/mol. The number of hydrogen-bond donors (Lipinski definition) is 1. The van der Waals surface area contributed by atoms with E-state index in [0.29, 0.717) is 35.6 Å². The lowest BCUT2D eigenvalue weighted by molar-refractivity contribution is -0.120. The molecule has 3 aromatic carbocycles. The van der Waals surface area contributed by atoms with Crippen molar-refractivity contribution in [1.82, 2.24) is 14.5 Å². The second kappa shape index (κ2) is 9.91. The Balaban J connectivity index is 1.73. The number of aryl methyl sites for hydroxylation is 1. The molecule has 0 radical (unpaired) electrons. The van der Waals surface area contributed by atoms with Gasteiger partial charge >= 0.3 is 5.69 Å². The first-order valence-electron chi connectivity index (χ1n) is 11.5. The van der Waals surface area contributed by atoms with Crippen molar-refractivity contribution in [1.29, 1.82) is 0 Å². The molecule has 1 heterocycles. The highest BCUT2D eigenvalue weighted by Gasteiger charge is 2.15. The first-order chi connectivity index (χ1) is 16.3. The Bertz CT molecular complexity index is 1430. The van der Waals surface area contributed by atoms with Crippen LogP contribution in [0.1, 0.15) is 30.5 Å². The van der Waals surface area contributed by atoms with E-state index in [2.05, 4.69) is 5.32 Å². The quantitative estimate of drug-likeness (QED) is 0.460. The number of carbonyl (C=O) groups is 1. The highest BCUT2D eigenvalue weighted by molar-refractivity contribution is 5.79. The van der Waals surface area contributed by atoms with Gasteiger partial charge in [-0.2, -0.15) is 0 Å². The van der Waals surface area contributed by atoms with Gasteiger partial charge in [0.05, 0.1) is 29.6 Å². The molecule has 0 aliphatic rings. The normalized spacial score (nSPS) is 11.2. The van der Waals surface area contributed by atoms with Gasteiger partial charge in [-0.1, -0.05) is 67.9 Å². The summed E-state index contributed by atoms with van der Waals surface area (Å²) in [6, 6.07) is 22.2. The van der Waals surface area contributed by atoms with Crippen LogP contribution in [0.25, 0.3) is 16.6 Å². The van der Waals surface area contributed by atoms with Gasteiger partial charge in [-0.3, -0.25) is 14.2 Å². The van der Waals surface area contributed by atoms with E-state index in [0.717, 1.165) is 16.7 Å². The maximum absolute atomic E-state index is 13.5. The van der Waals surface area contributed by atoms with Crippen LogP contribution in [0, 0.1) is 12.8 Å². The number of para-hydroxylation sites is 1. The van der Waals surface area contributed by atoms with Crippen LogP contribution in [0.2, 0.25) is 0 Å². The molecule has 1 aromatic heterocycles. The Labute approximate surface area is 198 Å². The Kier molecular flexibility index (Phi) is 6.77. The van der Waals surface area contributed by atoms with Gasteiger partial charge in [-0.25, -0.2) is 9.36 Å². The van der Waals surface area contributed by atoms with Crippen LogP contribution >= 0.6 is 0 Å². The van der Waals surface area contributed by atoms with Gasteiger partial charge in [0.2, 0.25) is 5.91 Å². The highest BCUT2D eigenvalue weighted by Crippen LogP contribution is 2.14. The summed E-state index contributed by atoms with van der Waals surface area (Å²) in [5.41, 5.74) is 3.26. The molecule has 0 aliphatic heterocycles. The summed E-state index contributed by atoms with van der Waals surface area (Å²) in [6.07, 6.45) is 0.247. The van der Waals surface area contributed by atoms with Crippen LogP contribution in [0.15, 0.2) is 82.4 Å². The molecule has 6 heteroatoms. The van der Waals surface area contributed by atoms with E-state index in [1.807, 2.05) is 51.1 Å². The predicted octanol–water partition coefficient (Wildman–Crippen LogP) is 3.82. The number of benzene rings is 3. The fraction of sp³-hybridized carbons (Fsp3) is 0.250. The summed E-state index contributed by atoms with van der Waals surface area (Å²) < 4.78 is 2.84. The average Bonchev–Trinajstić information content (AvgIpc) is 2.83. The Morgan fingerprint density at radius 2 is 1.53 bits per heavy atom. The van der Waals surface area contributed by atoms with Crippen molar-refractivity contribution >= 4 is 16.8 Å². The lowest BCUT2D eigenvalue weighted by Gasteiger charge is -2.15. The zero-order valence-corrected chi connectivity index (χ0v) is 19.7. The molecule has 0 unspecified atom stereocenters. The molecule has 174 valence electrons. The number of fused-ring (bicyclic) bond motifs is 1. The molecule has 34 heavy (non-hydrogen) atoms. The monoisotopic (exact) mass is 455 g/mol. The molecule has 0 bridgehead atoms. The number of hydrogen-bond acceptors (Lipinski definition) is 3. The molecule has 0 fully saturated rings. The summed E-state index contributed by atoms with van der Waals surface area (Å²) in [4.78, 5) is 39.0. The molecule has 4 rings (SSSR count). The highest BCUT2D eigenvalue weighted by atomic mass is 16.2. The minimum Gasteiger partial charge on any atom is -0.356 e. The summed E-state index contributed by atoms with van der Waals surface area (Å²) >= 11 is 0. The Morgan fingerprint density at radius 3 is 2.21 bits per heavy atom. The van der Waals surface area contributed by atoms with Crippen LogP contribution in [0.3, 0.4) is 0 Å². The van der Waals surface area contributed by atoms with Gasteiger partial charge in [0.15, 0.2) is 0 Å². The molecule has 0 aliphatic carbocycles. The lowest BCUT2D eigenvalue weighted by atomic mass is 10.1. The third-order valence-corrected chi connectivity index (χ3v) is 5.78. The van der Waals surface area contributed by atoms with E-state index in [-0.39, 0.29) is 17.9 Å². The first-order valence-corrected chi connectivity index (χ1v) is 11.5. The van der Waals surface area contributed by atoms with E-state index < -0.39 is 5.69 Å². The summed E-state index contributed by atoms with van der Waals surface area (Å²) in [7, 11) is 0. The fourth-order valence-electron chi connectivity index (χ4n) is 3.91. The van der Waals surface area contributed by atoms with Gasteiger partial charge in [-0.05, 0) is 48.2 Å². The topological polar surface area (TPSA) is 73.1 Å². The maximum Gasteiger partial charge on any atom is 0.336 e. The van der Waals surface area contributed by atoms with Crippen molar-refractivity contribution in [2.24, 2.45) is 5.92 Å². The molecule has 4 aromatic rings. The van der Waals surface area contributed by atoms with Gasteiger partial charge in [0, 0.05) is 6.54 Å². The van der Waals surface area contributed by atoms with Crippen molar-refractivity contribution in [3.8, 4) is 5.69 Å². The Hall–Kier alpha value is -3.93. The zero-order valence-electron chi connectivity index (χ0n) is 19.7.